The van der Waals surface area contributed by atoms with E-state index in [0.717, 1.165) is 11.8 Å². The number of nitriles is 1. The van der Waals surface area contributed by atoms with E-state index in [1.165, 1.54) is 6.20 Å². The first-order valence-corrected chi connectivity index (χ1v) is 7.07. The average Bonchev–Trinajstić information content (AvgIpc) is 2.99. The van der Waals surface area contributed by atoms with Gasteiger partial charge in [0.2, 0.25) is 5.91 Å². The van der Waals surface area contributed by atoms with Gasteiger partial charge in [0.05, 0.1) is 24.3 Å². The number of nitrogen functional groups attached to an aromatic ring is 1. The number of carbonyl (C=O) groups is 1. The molecule has 2 aromatic heterocycles. The topological polar surface area (TPSA) is 118 Å². The van der Waals surface area contributed by atoms with Crippen LogP contribution in [0.25, 0.3) is 0 Å². The Morgan fingerprint density at radius 3 is 3.10 bits per heavy atom. The molecule has 0 aliphatic heterocycles. The number of furan rings is 1. The highest BCUT2D eigenvalue weighted by molar-refractivity contribution is 7.99. The van der Waals surface area contributed by atoms with Gasteiger partial charge in [-0.15, -0.1) is 0 Å². The van der Waals surface area contributed by atoms with Crippen LogP contribution in [0.2, 0.25) is 0 Å². The van der Waals surface area contributed by atoms with Crippen molar-refractivity contribution < 1.29 is 9.21 Å². The van der Waals surface area contributed by atoms with Crippen molar-refractivity contribution in [2.24, 2.45) is 0 Å². The number of hydrogen-bond acceptors (Lipinski definition) is 7. The van der Waals surface area contributed by atoms with Gasteiger partial charge in [0.25, 0.3) is 0 Å². The first-order chi connectivity index (χ1) is 10.1. The maximum atomic E-state index is 11.8. The molecule has 8 heteroatoms. The Morgan fingerprint density at radius 1 is 1.67 bits per heavy atom. The quantitative estimate of drug-likeness (QED) is 0.634. The van der Waals surface area contributed by atoms with Crippen LogP contribution in [0.3, 0.4) is 0 Å². The van der Waals surface area contributed by atoms with Crippen molar-refractivity contribution in [2.45, 2.75) is 18.1 Å². The number of nitrogens with zero attached hydrogens (tertiary/aromatic N) is 3. The maximum Gasteiger partial charge on any atom is 0.231 e. The molecule has 0 unspecified atom stereocenters. The molecule has 2 rings (SSSR count). The van der Waals surface area contributed by atoms with Crippen LogP contribution in [0.1, 0.15) is 24.3 Å². The normalized spacial score (nSPS) is 11.6. The minimum Gasteiger partial charge on any atom is -0.467 e. The second-order valence-corrected chi connectivity index (χ2v) is 5.10. The van der Waals surface area contributed by atoms with Crippen LogP contribution in [0.15, 0.2) is 34.2 Å². The predicted molar refractivity (Wildman–Crippen MR) is 77.1 cm³/mol. The molecule has 1 atom stereocenters. The molecule has 108 valence electrons. The third-order valence-corrected chi connectivity index (χ3v) is 3.46. The highest BCUT2D eigenvalue weighted by Gasteiger charge is 2.13. The lowest BCUT2D eigenvalue weighted by Gasteiger charge is -2.10. The third-order valence-electron chi connectivity index (χ3n) is 2.60. The molecule has 0 aliphatic rings. The summed E-state index contributed by atoms with van der Waals surface area (Å²) in [5.41, 5.74) is 5.80. The van der Waals surface area contributed by atoms with E-state index in [9.17, 15) is 4.79 Å². The number of anilines is 1. The largest absolute Gasteiger partial charge is 0.467 e. The van der Waals surface area contributed by atoms with E-state index < -0.39 is 0 Å². The monoisotopic (exact) mass is 303 g/mol. The molecule has 21 heavy (non-hydrogen) atoms. The molecule has 0 spiro atoms. The Bertz CT molecular complexity index is 666. The van der Waals surface area contributed by atoms with E-state index in [4.69, 9.17) is 15.4 Å². The molecule has 3 N–H and O–H groups in total. The van der Waals surface area contributed by atoms with Crippen molar-refractivity contribution in [1.29, 1.82) is 5.26 Å². The summed E-state index contributed by atoms with van der Waals surface area (Å²) in [7, 11) is 0. The molecule has 2 heterocycles. The molecule has 0 saturated heterocycles. The minimum atomic E-state index is -0.208. The molecule has 0 radical (unpaired) electrons. The van der Waals surface area contributed by atoms with Crippen molar-refractivity contribution in [2.75, 3.05) is 11.5 Å². The van der Waals surface area contributed by atoms with Gasteiger partial charge < -0.3 is 15.5 Å². The standard InChI is InChI=1S/C13H13N5O2S/c1-8(10-3-2-4-20-10)17-11(19)7-21-13-16-6-9(5-14)12(15)18-13/h2-4,6,8H,7H2,1H3,(H,17,19)(H2,15,16,18)/t8-/m1/s1. The Kier molecular flexibility index (Phi) is 4.79. The first-order valence-electron chi connectivity index (χ1n) is 6.08. The van der Waals surface area contributed by atoms with Gasteiger partial charge in [-0.25, -0.2) is 9.97 Å². The Hall–Kier alpha value is -2.53. The Morgan fingerprint density at radius 2 is 2.48 bits per heavy atom. The van der Waals surface area contributed by atoms with Crippen LogP contribution >= 0.6 is 11.8 Å². The highest BCUT2D eigenvalue weighted by atomic mass is 32.2. The molecule has 0 fully saturated rings. The smallest absolute Gasteiger partial charge is 0.231 e. The number of nitrogens with one attached hydrogen (secondary N) is 1. The fourth-order valence-corrected chi connectivity index (χ4v) is 2.19. The zero-order valence-electron chi connectivity index (χ0n) is 11.2. The van der Waals surface area contributed by atoms with E-state index in [1.54, 1.807) is 18.4 Å². The number of carbonyl (C=O) groups excluding carboxylic acids is 1. The SMILES string of the molecule is C[C@@H](NC(=O)CSc1ncc(C#N)c(N)n1)c1ccco1. The number of rotatable bonds is 5. The van der Waals surface area contributed by atoms with Gasteiger partial charge in [-0.2, -0.15) is 5.26 Å². The average molecular weight is 303 g/mol. The van der Waals surface area contributed by atoms with Crippen molar-refractivity contribution in [3.05, 3.63) is 35.9 Å². The van der Waals surface area contributed by atoms with Gasteiger partial charge in [0.15, 0.2) is 5.16 Å². The molecule has 2 aromatic rings. The molecule has 0 aromatic carbocycles. The number of nitrogens with two attached hydrogens (primary N) is 1. The summed E-state index contributed by atoms with van der Waals surface area (Å²) in [5.74, 6) is 0.776. The van der Waals surface area contributed by atoms with E-state index in [-0.39, 0.29) is 29.1 Å². The van der Waals surface area contributed by atoms with Crippen LogP contribution in [0, 0.1) is 11.3 Å². The number of hydrogen-bond donors (Lipinski definition) is 2. The number of thioether (sulfide) groups is 1. The molecular formula is C13H13N5O2S. The summed E-state index contributed by atoms with van der Waals surface area (Å²) < 4.78 is 5.21. The second-order valence-electron chi connectivity index (χ2n) is 4.16. The van der Waals surface area contributed by atoms with E-state index in [1.807, 2.05) is 13.0 Å². The molecule has 7 nitrogen and oxygen atoms in total. The molecular weight excluding hydrogens is 290 g/mol. The van der Waals surface area contributed by atoms with E-state index >= 15 is 0 Å². The van der Waals surface area contributed by atoms with Crippen LogP contribution < -0.4 is 11.1 Å². The fraction of sp³-hybridized carbons (Fsp3) is 0.231. The maximum absolute atomic E-state index is 11.8. The first kappa shape index (κ1) is 14.9. The summed E-state index contributed by atoms with van der Waals surface area (Å²) in [6.07, 6.45) is 2.90. The molecule has 0 bridgehead atoms. The van der Waals surface area contributed by atoms with Gasteiger partial charge in [0.1, 0.15) is 23.2 Å². The van der Waals surface area contributed by atoms with E-state index in [2.05, 4.69) is 15.3 Å². The third kappa shape index (κ3) is 3.97. The lowest BCUT2D eigenvalue weighted by molar-refractivity contribution is -0.119. The molecule has 0 aliphatic carbocycles. The van der Waals surface area contributed by atoms with Crippen LogP contribution in [-0.2, 0) is 4.79 Å². The lowest BCUT2D eigenvalue weighted by Crippen LogP contribution is -2.28. The number of aromatic nitrogens is 2. The van der Waals surface area contributed by atoms with E-state index in [0.29, 0.717) is 10.9 Å². The number of amides is 1. The summed E-state index contributed by atoms with van der Waals surface area (Å²) in [5, 5.41) is 11.9. The summed E-state index contributed by atoms with van der Waals surface area (Å²) >= 11 is 1.15. The van der Waals surface area contributed by atoms with Crippen molar-refractivity contribution in [3.8, 4) is 6.07 Å². The molecule has 1 amide bonds. The predicted octanol–water partition coefficient (Wildman–Crippen LogP) is 1.49. The van der Waals surface area contributed by atoms with Crippen molar-refractivity contribution in [3.63, 3.8) is 0 Å². The van der Waals surface area contributed by atoms with Crippen LogP contribution in [0.5, 0.6) is 0 Å². The fourth-order valence-electron chi connectivity index (χ4n) is 1.56. The molecule has 0 saturated carbocycles. The Balaban J connectivity index is 1.87. The highest BCUT2D eigenvalue weighted by Crippen LogP contribution is 2.17. The summed E-state index contributed by atoms with van der Waals surface area (Å²) in [6, 6.07) is 5.23. The van der Waals surface area contributed by atoms with Gasteiger partial charge in [0, 0.05) is 0 Å². The van der Waals surface area contributed by atoms with Gasteiger partial charge in [-0.3, -0.25) is 4.79 Å². The van der Waals surface area contributed by atoms with Crippen molar-refractivity contribution in [1.82, 2.24) is 15.3 Å². The summed E-state index contributed by atoms with van der Waals surface area (Å²) in [4.78, 5) is 19.7. The minimum absolute atomic E-state index is 0.111. The Labute approximate surface area is 125 Å². The van der Waals surface area contributed by atoms with Gasteiger partial charge >= 0.3 is 0 Å². The zero-order valence-corrected chi connectivity index (χ0v) is 12.1. The zero-order chi connectivity index (χ0) is 15.2. The van der Waals surface area contributed by atoms with Crippen LogP contribution in [0.4, 0.5) is 5.82 Å². The summed E-state index contributed by atoms with van der Waals surface area (Å²) in [6.45, 7) is 1.83. The van der Waals surface area contributed by atoms with Gasteiger partial charge in [-0.1, -0.05) is 11.8 Å². The lowest BCUT2D eigenvalue weighted by atomic mass is 10.2. The van der Waals surface area contributed by atoms with Crippen LogP contribution in [-0.4, -0.2) is 21.6 Å². The van der Waals surface area contributed by atoms with Crippen molar-refractivity contribution >= 4 is 23.5 Å². The van der Waals surface area contributed by atoms with Gasteiger partial charge in [-0.05, 0) is 19.1 Å². The second kappa shape index (κ2) is 6.76.